The molecule has 2 heteroatoms. The molecule has 0 fully saturated rings. The monoisotopic (exact) mass is 262 g/mol. The van der Waals surface area contributed by atoms with Gasteiger partial charge in [0.15, 0.2) is 0 Å². The number of rotatable bonds is 8. The van der Waals surface area contributed by atoms with E-state index in [9.17, 15) is 0 Å². The Morgan fingerprint density at radius 3 is 2.32 bits per heavy atom. The molecule has 0 heterocycles. The molecule has 108 valence electrons. The van der Waals surface area contributed by atoms with Gasteiger partial charge >= 0.3 is 0 Å². The van der Waals surface area contributed by atoms with Crippen LogP contribution in [0.25, 0.3) is 0 Å². The summed E-state index contributed by atoms with van der Waals surface area (Å²) in [6, 6.07) is 9.09. The van der Waals surface area contributed by atoms with Crippen LogP contribution in [0, 0.1) is 5.92 Å². The zero-order valence-corrected chi connectivity index (χ0v) is 13.0. The van der Waals surface area contributed by atoms with E-state index in [1.54, 1.807) is 0 Å². The van der Waals surface area contributed by atoms with Crippen molar-refractivity contribution in [2.24, 2.45) is 11.7 Å². The van der Waals surface area contributed by atoms with E-state index in [2.05, 4.69) is 57.0 Å². The molecule has 1 rings (SSSR count). The average molecular weight is 262 g/mol. The van der Waals surface area contributed by atoms with Crippen LogP contribution in [0.5, 0.6) is 0 Å². The second-order valence-electron chi connectivity index (χ2n) is 5.92. The lowest BCUT2D eigenvalue weighted by Crippen LogP contribution is -2.23. The van der Waals surface area contributed by atoms with E-state index in [1.807, 2.05) is 0 Å². The standard InChI is InChI=1S/C17H30N2/c1-5-15(3)17-8-6-16(7-9-17)13-19(4)11-10-14(2)12-18/h6-9,14-15H,5,10-13,18H2,1-4H3. The van der Waals surface area contributed by atoms with Crippen LogP contribution in [0.15, 0.2) is 24.3 Å². The molecule has 0 saturated carbocycles. The summed E-state index contributed by atoms with van der Waals surface area (Å²) in [5.41, 5.74) is 8.50. The lowest BCUT2D eigenvalue weighted by atomic mass is 9.97. The van der Waals surface area contributed by atoms with Crippen molar-refractivity contribution in [2.45, 2.75) is 46.1 Å². The Labute approximate surface area is 119 Å². The number of hydrogen-bond acceptors (Lipinski definition) is 2. The number of hydrogen-bond donors (Lipinski definition) is 1. The van der Waals surface area contributed by atoms with Crippen LogP contribution in [-0.2, 0) is 6.54 Å². The van der Waals surface area contributed by atoms with Crippen molar-refractivity contribution in [3.8, 4) is 0 Å². The summed E-state index contributed by atoms with van der Waals surface area (Å²) in [5, 5.41) is 0. The maximum atomic E-state index is 5.65. The van der Waals surface area contributed by atoms with Gasteiger partial charge in [-0.3, -0.25) is 0 Å². The van der Waals surface area contributed by atoms with Crippen LogP contribution < -0.4 is 5.73 Å². The molecule has 0 aromatic heterocycles. The lowest BCUT2D eigenvalue weighted by molar-refractivity contribution is 0.300. The maximum absolute atomic E-state index is 5.65. The summed E-state index contributed by atoms with van der Waals surface area (Å²) in [6.45, 7) is 9.68. The van der Waals surface area contributed by atoms with Crippen molar-refractivity contribution < 1.29 is 0 Å². The summed E-state index contributed by atoms with van der Waals surface area (Å²) in [6.07, 6.45) is 2.38. The van der Waals surface area contributed by atoms with Crippen molar-refractivity contribution in [1.82, 2.24) is 4.90 Å². The summed E-state index contributed by atoms with van der Waals surface area (Å²) < 4.78 is 0. The molecule has 19 heavy (non-hydrogen) atoms. The summed E-state index contributed by atoms with van der Waals surface area (Å²) >= 11 is 0. The van der Waals surface area contributed by atoms with E-state index in [1.165, 1.54) is 24.0 Å². The summed E-state index contributed by atoms with van der Waals surface area (Å²) in [4.78, 5) is 2.38. The summed E-state index contributed by atoms with van der Waals surface area (Å²) in [7, 11) is 2.19. The van der Waals surface area contributed by atoms with Gasteiger partial charge in [0.25, 0.3) is 0 Å². The van der Waals surface area contributed by atoms with Crippen molar-refractivity contribution in [2.75, 3.05) is 20.1 Å². The third-order valence-electron chi connectivity index (χ3n) is 4.02. The molecular formula is C17H30N2. The van der Waals surface area contributed by atoms with Crippen LogP contribution in [0.3, 0.4) is 0 Å². The highest BCUT2D eigenvalue weighted by Crippen LogP contribution is 2.19. The van der Waals surface area contributed by atoms with Gasteiger partial charge in [0.05, 0.1) is 0 Å². The molecule has 2 unspecified atom stereocenters. The highest BCUT2D eigenvalue weighted by Gasteiger charge is 2.05. The first-order valence-corrected chi connectivity index (χ1v) is 7.54. The Morgan fingerprint density at radius 2 is 1.79 bits per heavy atom. The van der Waals surface area contributed by atoms with Crippen LogP contribution in [-0.4, -0.2) is 25.0 Å². The largest absolute Gasteiger partial charge is 0.330 e. The number of nitrogens with two attached hydrogens (primary N) is 1. The number of benzene rings is 1. The first-order valence-electron chi connectivity index (χ1n) is 7.54. The van der Waals surface area contributed by atoms with E-state index < -0.39 is 0 Å². The third-order valence-corrected chi connectivity index (χ3v) is 4.02. The lowest BCUT2D eigenvalue weighted by Gasteiger charge is -2.19. The van der Waals surface area contributed by atoms with Gasteiger partial charge in [0.1, 0.15) is 0 Å². The molecule has 0 bridgehead atoms. The molecule has 0 saturated heterocycles. The predicted octanol–water partition coefficient (Wildman–Crippen LogP) is 3.62. The van der Waals surface area contributed by atoms with Gasteiger partial charge in [-0.2, -0.15) is 0 Å². The highest BCUT2D eigenvalue weighted by atomic mass is 15.1. The van der Waals surface area contributed by atoms with Crippen molar-refractivity contribution in [1.29, 1.82) is 0 Å². The fraction of sp³-hybridized carbons (Fsp3) is 0.647. The zero-order chi connectivity index (χ0) is 14.3. The Bertz CT molecular complexity index is 345. The minimum Gasteiger partial charge on any atom is -0.330 e. The van der Waals surface area contributed by atoms with Gasteiger partial charge in [0.2, 0.25) is 0 Å². The third kappa shape index (κ3) is 5.75. The van der Waals surface area contributed by atoms with E-state index in [4.69, 9.17) is 5.73 Å². The maximum Gasteiger partial charge on any atom is 0.0230 e. The van der Waals surface area contributed by atoms with Crippen LogP contribution in [0.2, 0.25) is 0 Å². The molecule has 0 amide bonds. The summed E-state index contributed by atoms with van der Waals surface area (Å²) in [5.74, 6) is 1.28. The molecule has 0 aliphatic heterocycles. The molecule has 0 aliphatic carbocycles. The predicted molar refractivity (Wildman–Crippen MR) is 84.3 cm³/mol. The first kappa shape index (κ1) is 16.2. The van der Waals surface area contributed by atoms with Gasteiger partial charge in [-0.1, -0.05) is 45.0 Å². The van der Waals surface area contributed by atoms with Gasteiger partial charge < -0.3 is 10.6 Å². The topological polar surface area (TPSA) is 29.3 Å². The molecule has 0 aliphatic rings. The SMILES string of the molecule is CCC(C)c1ccc(CN(C)CCC(C)CN)cc1. The molecule has 2 nitrogen and oxygen atoms in total. The second kappa shape index (κ2) is 8.34. The van der Waals surface area contributed by atoms with Gasteiger partial charge in [-0.25, -0.2) is 0 Å². The molecule has 0 radical (unpaired) electrons. The van der Waals surface area contributed by atoms with Crippen LogP contribution in [0.4, 0.5) is 0 Å². The first-order chi connectivity index (χ1) is 9.06. The van der Waals surface area contributed by atoms with E-state index >= 15 is 0 Å². The Morgan fingerprint density at radius 1 is 1.16 bits per heavy atom. The Hall–Kier alpha value is -0.860. The smallest absolute Gasteiger partial charge is 0.0230 e. The molecule has 1 aromatic rings. The molecule has 0 spiro atoms. The minimum atomic E-state index is 0.621. The van der Waals surface area contributed by atoms with E-state index in [0.29, 0.717) is 11.8 Å². The Balaban J connectivity index is 2.44. The number of nitrogens with zero attached hydrogens (tertiary/aromatic N) is 1. The molecule has 1 aromatic carbocycles. The zero-order valence-electron chi connectivity index (χ0n) is 13.0. The fourth-order valence-corrected chi connectivity index (χ4v) is 2.14. The Kier molecular flexibility index (Phi) is 7.11. The van der Waals surface area contributed by atoms with Crippen molar-refractivity contribution in [3.63, 3.8) is 0 Å². The quantitative estimate of drug-likeness (QED) is 0.775. The van der Waals surface area contributed by atoms with Crippen molar-refractivity contribution >= 4 is 0 Å². The van der Waals surface area contributed by atoms with Gasteiger partial charge in [-0.05, 0) is 55.9 Å². The second-order valence-corrected chi connectivity index (χ2v) is 5.92. The van der Waals surface area contributed by atoms with E-state index in [0.717, 1.165) is 19.6 Å². The van der Waals surface area contributed by atoms with Crippen LogP contribution in [0.1, 0.15) is 50.7 Å². The van der Waals surface area contributed by atoms with Gasteiger partial charge in [0, 0.05) is 6.54 Å². The molecular weight excluding hydrogens is 232 g/mol. The van der Waals surface area contributed by atoms with Crippen molar-refractivity contribution in [3.05, 3.63) is 35.4 Å². The molecule has 2 N–H and O–H groups in total. The van der Waals surface area contributed by atoms with Crippen LogP contribution >= 0.6 is 0 Å². The average Bonchev–Trinajstić information content (AvgIpc) is 2.44. The van der Waals surface area contributed by atoms with Gasteiger partial charge in [-0.15, -0.1) is 0 Å². The van der Waals surface area contributed by atoms with E-state index in [-0.39, 0.29) is 0 Å². The minimum absolute atomic E-state index is 0.621. The fourth-order valence-electron chi connectivity index (χ4n) is 2.14. The normalized spacial score (nSPS) is 14.6. The molecule has 2 atom stereocenters. The highest BCUT2D eigenvalue weighted by molar-refractivity contribution is 5.24.